The molecule has 0 radical (unpaired) electrons. The summed E-state index contributed by atoms with van der Waals surface area (Å²) in [7, 11) is 0. The fourth-order valence-electron chi connectivity index (χ4n) is 2.26. The van der Waals surface area contributed by atoms with E-state index in [9.17, 15) is 4.79 Å². The minimum absolute atomic E-state index is 0.109. The van der Waals surface area contributed by atoms with Crippen LogP contribution in [0.25, 0.3) is 0 Å². The van der Waals surface area contributed by atoms with Gasteiger partial charge in [0, 0.05) is 23.8 Å². The number of fused-ring (bicyclic) bond motifs is 3. The molecule has 0 saturated carbocycles. The maximum Gasteiger partial charge on any atom is 0.272 e. The number of ether oxygens (including phenoxy) is 1. The zero-order valence-electron chi connectivity index (χ0n) is 9.15. The van der Waals surface area contributed by atoms with Gasteiger partial charge in [-0.25, -0.2) is 4.98 Å². The van der Waals surface area contributed by atoms with Gasteiger partial charge in [0.05, 0.1) is 24.9 Å². The molecule has 2 aliphatic rings. The summed E-state index contributed by atoms with van der Waals surface area (Å²) in [5.74, 6) is -0.109. The number of carbonyl (C=O) groups excluding carboxylic acids is 1. The standard InChI is InChI=1S/C11H12BrN3O2/c12-7-3-9-10(13-4-7)11(16)14-5-8-6-17-2-1-15(8)9/h3-4,8H,1-2,5-6H2,(H,14,16). The Morgan fingerprint density at radius 2 is 2.47 bits per heavy atom. The highest BCUT2D eigenvalue weighted by Gasteiger charge is 2.31. The number of amides is 1. The van der Waals surface area contributed by atoms with Crippen molar-refractivity contribution in [3.05, 3.63) is 22.4 Å². The van der Waals surface area contributed by atoms with Crippen LogP contribution in [-0.2, 0) is 4.74 Å². The molecule has 0 aromatic carbocycles. The van der Waals surface area contributed by atoms with E-state index in [0.29, 0.717) is 25.5 Å². The van der Waals surface area contributed by atoms with Crippen molar-refractivity contribution in [2.75, 3.05) is 31.2 Å². The van der Waals surface area contributed by atoms with Crippen LogP contribution in [0.1, 0.15) is 10.5 Å². The zero-order valence-corrected chi connectivity index (χ0v) is 10.7. The molecule has 90 valence electrons. The molecule has 5 nitrogen and oxygen atoms in total. The van der Waals surface area contributed by atoms with Gasteiger partial charge in [0.1, 0.15) is 0 Å². The van der Waals surface area contributed by atoms with Crippen molar-refractivity contribution in [3.8, 4) is 0 Å². The zero-order chi connectivity index (χ0) is 11.8. The number of aromatic nitrogens is 1. The molecule has 2 aliphatic heterocycles. The highest BCUT2D eigenvalue weighted by molar-refractivity contribution is 9.10. The highest BCUT2D eigenvalue weighted by Crippen LogP contribution is 2.27. The van der Waals surface area contributed by atoms with Crippen LogP contribution in [0.3, 0.4) is 0 Å². The third-order valence-corrected chi connectivity index (χ3v) is 3.52. The number of morpholine rings is 1. The largest absolute Gasteiger partial charge is 0.377 e. The van der Waals surface area contributed by atoms with Crippen LogP contribution in [0.5, 0.6) is 0 Å². The number of nitrogens with zero attached hydrogens (tertiary/aromatic N) is 2. The summed E-state index contributed by atoms with van der Waals surface area (Å²) in [6.45, 7) is 2.74. The first-order valence-electron chi connectivity index (χ1n) is 5.54. The van der Waals surface area contributed by atoms with Crippen molar-refractivity contribution in [2.45, 2.75) is 6.04 Å². The Bertz CT molecular complexity index is 466. The summed E-state index contributed by atoms with van der Waals surface area (Å²) in [5, 5.41) is 2.88. The lowest BCUT2D eigenvalue weighted by Gasteiger charge is -2.35. The molecular formula is C11H12BrN3O2. The molecule has 3 heterocycles. The first-order valence-corrected chi connectivity index (χ1v) is 6.33. The van der Waals surface area contributed by atoms with Gasteiger partial charge in [-0.1, -0.05) is 0 Å². The van der Waals surface area contributed by atoms with E-state index >= 15 is 0 Å². The second-order valence-corrected chi connectivity index (χ2v) is 5.07. The second-order valence-electron chi connectivity index (χ2n) is 4.15. The van der Waals surface area contributed by atoms with Crippen molar-refractivity contribution in [1.29, 1.82) is 0 Å². The first-order chi connectivity index (χ1) is 8.25. The van der Waals surface area contributed by atoms with Crippen molar-refractivity contribution >= 4 is 27.5 Å². The van der Waals surface area contributed by atoms with E-state index in [4.69, 9.17) is 4.74 Å². The average molecular weight is 298 g/mol. The summed E-state index contributed by atoms with van der Waals surface area (Å²) >= 11 is 3.40. The molecule has 6 heteroatoms. The number of carbonyl (C=O) groups is 1. The summed E-state index contributed by atoms with van der Waals surface area (Å²) < 4.78 is 6.34. The molecule has 1 unspecified atom stereocenters. The number of nitrogens with one attached hydrogen (secondary N) is 1. The maximum atomic E-state index is 11.9. The van der Waals surface area contributed by atoms with Gasteiger partial charge < -0.3 is 15.0 Å². The number of anilines is 1. The van der Waals surface area contributed by atoms with Crippen LogP contribution in [-0.4, -0.2) is 43.2 Å². The average Bonchev–Trinajstić information content (AvgIpc) is 2.48. The predicted molar refractivity (Wildman–Crippen MR) is 66.2 cm³/mol. The highest BCUT2D eigenvalue weighted by atomic mass is 79.9. The molecule has 0 aliphatic carbocycles. The summed E-state index contributed by atoms with van der Waals surface area (Å²) in [5.41, 5.74) is 1.39. The fourth-order valence-corrected chi connectivity index (χ4v) is 2.58. The van der Waals surface area contributed by atoms with E-state index in [1.165, 1.54) is 0 Å². The van der Waals surface area contributed by atoms with Gasteiger partial charge in [0.25, 0.3) is 5.91 Å². The molecular weight excluding hydrogens is 286 g/mol. The second kappa shape index (κ2) is 4.27. The van der Waals surface area contributed by atoms with Crippen molar-refractivity contribution in [3.63, 3.8) is 0 Å². The SMILES string of the molecule is O=C1NCC2COCCN2c2cc(Br)cnc21. The van der Waals surface area contributed by atoms with Crippen LogP contribution in [0, 0.1) is 0 Å². The Balaban J connectivity index is 2.09. The minimum atomic E-state index is -0.109. The summed E-state index contributed by atoms with van der Waals surface area (Å²) in [4.78, 5) is 18.3. The lowest BCUT2D eigenvalue weighted by atomic mass is 10.2. The van der Waals surface area contributed by atoms with Crippen LogP contribution in [0.4, 0.5) is 5.69 Å². The van der Waals surface area contributed by atoms with E-state index < -0.39 is 0 Å². The number of rotatable bonds is 0. The lowest BCUT2D eigenvalue weighted by Crippen LogP contribution is -2.49. The molecule has 1 amide bonds. The third kappa shape index (κ3) is 1.91. The monoisotopic (exact) mass is 297 g/mol. The maximum absolute atomic E-state index is 11.9. The molecule has 1 N–H and O–H groups in total. The van der Waals surface area contributed by atoms with Crippen molar-refractivity contribution < 1.29 is 9.53 Å². The number of halogens is 1. The normalized spacial score (nSPS) is 23.5. The Morgan fingerprint density at radius 1 is 1.59 bits per heavy atom. The Kier molecular flexibility index (Phi) is 2.76. The fraction of sp³-hybridized carbons (Fsp3) is 0.455. The smallest absolute Gasteiger partial charge is 0.272 e. The van der Waals surface area contributed by atoms with Crippen LogP contribution in [0.15, 0.2) is 16.7 Å². The Hall–Kier alpha value is -1.14. The van der Waals surface area contributed by atoms with Crippen LogP contribution >= 0.6 is 15.9 Å². The number of pyridine rings is 1. The van der Waals surface area contributed by atoms with Crippen LogP contribution < -0.4 is 10.2 Å². The van der Waals surface area contributed by atoms with Gasteiger partial charge >= 0.3 is 0 Å². The Morgan fingerprint density at radius 3 is 3.35 bits per heavy atom. The van der Waals surface area contributed by atoms with Gasteiger partial charge in [0.2, 0.25) is 0 Å². The topological polar surface area (TPSA) is 54.5 Å². The van der Waals surface area contributed by atoms with Gasteiger partial charge in [-0.15, -0.1) is 0 Å². The van der Waals surface area contributed by atoms with Crippen LogP contribution in [0.2, 0.25) is 0 Å². The molecule has 1 saturated heterocycles. The third-order valence-electron chi connectivity index (χ3n) is 3.08. The van der Waals surface area contributed by atoms with Gasteiger partial charge in [0.15, 0.2) is 5.69 Å². The van der Waals surface area contributed by atoms with E-state index in [2.05, 4.69) is 31.1 Å². The van der Waals surface area contributed by atoms with E-state index in [1.54, 1.807) is 6.20 Å². The molecule has 1 fully saturated rings. The Labute approximate surface area is 107 Å². The first kappa shape index (κ1) is 11.0. The molecule has 0 spiro atoms. The van der Waals surface area contributed by atoms with E-state index in [-0.39, 0.29) is 11.9 Å². The molecule has 1 atom stereocenters. The molecule has 17 heavy (non-hydrogen) atoms. The van der Waals surface area contributed by atoms with Crippen molar-refractivity contribution in [2.24, 2.45) is 0 Å². The number of hydrogen-bond acceptors (Lipinski definition) is 4. The lowest BCUT2D eigenvalue weighted by molar-refractivity contribution is 0.0882. The summed E-state index contributed by atoms with van der Waals surface area (Å²) in [6, 6.07) is 2.15. The van der Waals surface area contributed by atoms with Gasteiger partial charge in [-0.05, 0) is 22.0 Å². The van der Waals surface area contributed by atoms with E-state index in [1.807, 2.05) is 6.07 Å². The predicted octanol–water partition coefficient (Wildman–Crippen LogP) is 0.793. The molecule has 3 rings (SSSR count). The molecule has 1 aromatic rings. The van der Waals surface area contributed by atoms with Crippen molar-refractivity contribution in [1.82, 2.24) is 10.3 Å². The summed E-state index contributed by atoms with van der Waals surface area (Å²) in [6.07, 6.45) is 1.65. The van der Waals surface area contributed by atoms with E-state index in [0.717, 1.165) is 16.7 Å². The van der Waals surface area contributed by atoms with Gasteiger partial charge in [-0.3, -0.25) is 4.79 Å². The molecule has 1 aromatic heterocycles. The minimum Gasteiger partial charge on any atom is -0.377 e. The quantitative estimate of drug-likeness (QED) is 0.769. The number of hydrogen-bond donors (Lipinski definition) is 1. The van der Waals surface area contributed by atoms with Gasteiger partial charge in [-0.2, -0.15) is 0 Å². The molecule has 0 bridgehead atoms.